The average Bonchev–Trinajstić information content (AvgIpc) is 2.04. The number of benzene rings is 1. The zero-order chi connectivity index (χ0) is 7.68. The van der Waals surface area contributed by atoms with Gasteiger partial charge in [0.25, 0.3) is 0 Å². The summed E-state index contributed by atoms with van der Waals surface area (Å²) >= 11 is 5.76. The van der Waals surface area contributed by atoms with Crippen molar-refractivity contribution < 1.29 is 0 Å². The van der Waals surface area contributed by atoms with Gasteiger partial charge in [0.1, 0.15) is 0 Å². The predicted octanol–water partition coefficient (Wildman–Crippen LogP) is 2.69. The van der Waals surface area contributed by atoms with Crippen molar-refractivity contribution in [3.63, 3.8) is 0 Å². The van der Waals surface area contributed by atoms with Crippen LogP contribution in [0.25, 0.3) is 10.9 Å². The van der Waals surface area contributed by atoms with E-state index in [-0.39, 0.29) is 0 Å². The van der Waals surface area contributed by atoms with Crippen LogP contribution in [0.2, 0.25) is 5.02 Å². The molecule has 0 fully saturated rings. The highest BCUT2D eigenvalue weighted by atomic mass is 35.5. The van der Waals surface area contributed by atoms with Gasteiger partial charge in [-0.2, -0.15) is 0 Å². The first-order chi connectivity index (χ1) is 5.36. The Morgan fingerprint density at radius 2 is 2.36 bits per heavy atom. The summed E-state index contributed by atoms with van der Waals surface area (Å²) < 4.78 is 0. The summed E-state index contributed by atoms with van der Waals surface area (Å²) in [6.07, 6.45) is 1.74. The van der Waals surface area contributed by atoms with E-state index in [1.165, 1.54) is 0 Å². The molecule has 2 heteroatoms. The number of nitrogens with zero attached hydrogens (tertiary/aromatic N) is 1. The van der Waals surface area contributed by atoms with Crippen LogP contribution in [0.3, 0.4) is 0 Å². The standard InChI is InChI=1S/C9H5ClN/c10-8-3-4-9-7(6-8)2-1-5-11-9/h1-3,5-6H. The van der Waals surface area contributed by atoms with Crippen LogP contribution in [-0.4, -0.2) is 4.98 Å². The van der Waals surface area contributed by atoms with Gasteiger partial charge in [-0.25, -0.2) is 0 Å². The molecule has 0 aliphatic heterocycles. The van der Waals surface area contributed by atoms with Crippen molar-refractivity contribution in [3.8, 4) is 0 Å². The van der Waals surface area contributed by atoms with Gasteiger partial charge in [-0.3, -0.25) is 4.98 Å². The van der Waals surface area contributed by atoms with Gasteiger partial charge in [0.2, 0.25) is 0 Å². The summed E-state index contributed by atoms with van der Waals surface area (Å²) in [6.45, 7) is 0. The molecule has 11 heavy (non-hydrogen) atoms. The molecule has 1 aromatic carbocycles. The Kier molecular flexibility index (Phi) is 1.51. The van der Waals surface area contributed by atoms with Crippen LogP contribution in [0.1, 0.15) is 0 Å². The van der Waals surface area contributed by atoms with Crippen molar-refractivity contribution in [2.75, 3.05) is 0 Å². The molecule has 1 nitrogen and oxygen atoms in total. The van der Waals surface area contributed by atoms with E-state index in [9.17, 15) is 0 Å². The SMILES string of the molecule is Clc1c[c]c2ncccc2c1. The minimum atomic E-state index is 0.700. The van der Waals surface area contributed by atoms with Crippen LogP contribution in [0.4, 0.5) is 0 Å². The molecule has 0 unspecified atom stereocenters. The van der Waals surface area contributed by atoms with E-state index < -0.39 is 0 Å². The highest BCUT2D eigenvalue weighted by Gasteiger charge is 1.92. The Bertz CT molecular complexity index is 384. The van der Waals surface area contributed by atoms with Gasteiger partial charge in [-0.1, -0.05) is 17.7 Å². The normalized spacial score (nSPS) is 10.3. The summed E-state index contributed by atoms with van der Waals surface area (Å²) in [5.74, 6) is 0. The number of hydrogen-bond acceptors (Lipinski definition) is 1. The Balaban J connectivity index is 2.83. The first kappa shape index (κ1) is 6.62. The van der Waals surface area contributed by atoms with E-state index >= 15 is 0 Å². The summed E-state index contributed by atoms with van der Waals surface area (Å²) in [5.41, 5.74) is 0.858. The number of pyridine rings is 1. The molecule has 1 aromatic heterocycles. The third kappa shape index (κ3) is 1.19. The quantitative estimate of drug-likeness (QED) is 0.581. The molecule has 53 valence electrons. The second-order valence-corrected chi connectivity index (χ2v) is 2.70. The first-order valence-corrected chi connectivity index (χ1v) is 3.66. The van der Waals surface area contributed by atoms with E-state index in [4.69, 9.17) is 11.6 Å². The third-order valence-electron chi connectivity index (χ3n) is 1.48. The maximum absolute atomic E-state index is 5.76. The molecule has 0 saturated carbocycles. The van der Waals surface area contributed by atoms with Crippen LogP contribution in [0, 0.1) is 6.07 Å². The minimum absolute atomic E-state index is 0.700. The fraction of sp³-hybridized carbons (Fsp3) is 0. The minimum Gasteiger partial charge on any atom is -0.256 e. The van der Waals surface area contributed by atoms with E-state index in [1.807, 2.05) is 18.2 Å². The van der Waals surface area contributed by atoms with Crippen LogP contribution in [-0.2, 0) is 0 Å². The van der Waals surface area contributed by atoms with Crippen molar-refractivity contribution in [2.24, 2.45) is 0 Å². The second kappa shape index (κ2) is 2.51. The molecular formula is C9H5ClN. The van der Waals surface area contributed by atoms with Crippen molar-refractivity contribution in [3.05, 3.63) is 41.6 Å². The number of rotatable bonds is 0. The van der Waals surface area contributed by atoms with Gasteiger partial charge in [0.05, 0.1) is 5.52 Å². The lowest BCUT2D eigenvalue weighted by Gasteiger charge is -1.94. The molecule has 0 aliphatic rings. The van der Waals surface area contributed by atoms with Gasteiger partial charge in [-0.05, 0) is 18.2 Å². The molecule has 0 N–H and O–H groups in total. The molecule has 2 aromatic rings. The molecule has 0 amide bonds. The van der Waals surface area contributed by atoms with Crippen molar-refractivity contribution >= 4 is 22.5 Å². The van der Waals surface area contributed by atoms with E-state index in [0.29, 0.717) is 5.02 Å². The average molecular weight is 163 g/mol. The fourth-order valence-electron chi connectivity index (χ4n) is 0.982. The lowest BCUT2D eigenvalue weighted by atomic mass is 10.2. The first-order valence-electron chi connectivity index (χ1n) is 3.28. The molecular weight excluding hydrogens is 158 g/mol. The van der Waals surface area contributed by atoms with Crippen molar-refractivity contribution in [1.82, 2.24) is 4.98 Å². The van der Waals surface area contributed by atoms with E-state index in [0.717, 1.165) is 10.9 Å². The van der Waals surface area contributed by atoms with Gasteiger partial charge in [0.15, 0.2) is 0 Å². The Morgan fingerprint density at radius 1 is 1.45 bits per heavy atom. The maximum Gasteiger partial charge on any atom is 0.0782 e. The number of aromatic nitrogens is 1. The van der Waals surface area contributed by atoms with Crippen molar-refractivity contribution in [1.29, 1.82) is 0 Å². The van der Waals surface area contributed by atoms with E-state index in [2.05, 4.69) is 11.1 Å². The molecule has 0 saturated heterocycles. The van der Waals surface area contributed by atoms with Crippen LogP contribution in [0.5, 0.6) is 0 Å². The van der Waals surface area contributed by atoms with Crippen LogP contribution in [0.15, 0.2) is 30.5 Å². The van der Waals surface area contributed by atoms with Crippen molar-refractivity contribution in [2.45, 2.75) is 0 Å². The van der Waals surface area contributed by atoms with Gasteiger partial charge < -0.3 is 0 Å². The number of halogens is 1. The summed E-state index contributed by atoms with van der Waals surface area (Å²) in [4.78, 5) is 4.11. The molecule has 2 rings (SSSR count). The zero-order valence-corrected chi connectivity index (χ0v) is 6.47. The topological polar surface area (TPSA) is 12.9 Å². The largest absolute Gasteiger partial charge is 0.256 e. The lowest BCUT2D eigenvalue weighted by molar-refractivity contribution is 1.41. The molecule has 0 bridgehead atoms. The summed E-state index contributed by atoms with van der Waals surface area (Å²) in [7, 11) is 0. The molecule has 0 spiro atoms. The van der Waals surface area contributed by atoms with Gasteiger partial charge in [0, 0.05) is 22.7 Å². The lowest BCUT2D eigenvalue weighted by Crippen LogP contribution is -1.75. The smallest absolute Gasteiger partial charge is 0.0782 e. The zero-order valence-electron chi connectivity index (χ0n) is 5.71. The maximum atomic E-state index is 5.76. The van der Waals surface area contributed by atoms with E-state index in [1.54, 1.807) is 12.3 Å². The number of hydrogen-bond donors (Lipinski definition) is 0. The predicted molar refractivity (Wildman–Crippen MR) is 45.6 cm³/mol. The molecule has 1 heterocycles. The molecule has 0 aliphatic carbocycles. The summed E-state index contributed by atoms with van der Waals surface area (Å²) in [5, 5.41) is 1.73. The molecule has 1 radical (unpaired) electrons. The fourth-order valence-corrected chi connectivity index (χ4v) is 1.15. The Morgan fingerprint density at radius 3 is 3.27 bits per heavy atom. The van der Waals surface area contributed by atoms with Gasteiger partial charge in [-0.15, -0.1) is 0 Å². The van der Waals surface area contributed by atoms with Crippen LogP contribution >= 0.6 is 11.6 Å². The monoisotopic (exact) mass is 162 g/mol. The Hall–Kier alpha value is -1.08. The Labute approximate surface area is 69.6 Å². The third-order valence-corrected chi connectivity index (χ3v) is 1.70. The molecule has 0 atom stereocenters. The summed E-state index contributed by atoms with van der Waals surface area (Å²) in [6, 6.07) is 10.4. The second-order valence-electron chi connectivity index (χ2n) is 2.26. The van der Waals surface area contributed by atoms with Crippen LogP contribution < -0.4 is 0 Å². The highest BCUT2D eigenvalue weighted by Crippen LogP contribution is 2.15. The highest BCUT2D eigenvalue weighted by molar-refractivity contribution is 6.31. The van der Waals surface area contributed by atoms with Gasteiger partial charge >= 0.3 is 0 Å². The number of fused-ring (bicyclic) bond motifs is 1.